The van der Waals surface area contributed by atoms with Gasteiger partial charge in [-0.05, 0) is 13.8 Å². The van der Waals surface area contributed by atoms with Gasteiger partial charge in [0.2, 0.25) is 0 Å². The van der Waals surface area contributed by atoms with Gasteiger partial charge in [-0.3, -0.25) is 4.79 Å². The van der Waals surface area contributed by atoms with Crippen LogP contribution in [0.15, 0.2) is 6.20 Å². The van der Waals surface area contributed by atoms with Crippen molar-refractivity contribution in [2.24, 2.45) is 0 Å². The molecule has 4 nitrogen and oxygen atoms in total. The minimum Gasteiger partial charge on any atom is -0.469 e. The van der Waals surface area contributed by atoms with Crippen LogP contribution in [-0.4, -0.2) is 22.6 Å². The molecule has 0 spiro atoms. The van der Waals surface area contributed by atoms with Gasteiger partial charge in [-0.25, -0.2) is 4.98 Å². The molecule has 1 aromatic rings. The van der Waals surface area contributed by atoms with Gasteiger partial charge in [-0.15, -0.1) is 0 Å². The molecule has 0 fully saturated rings. The number of imidazole rings is 1. The number of rotatable bonds is 3. The van der Waals surface area contributed by atoms with E-state index in [1.165, 1.54) is 7.11 Å². The summed E-state index contributed by atoms with van der Waals surface area (Å²) in [5.41, 5.74) is 0.770. The number of ether oxygens (including phenoxy) is 1. The van der Waals surface area contributed by atoms with Crippen molar-refractivity contribution in [2.45, 2.75) is 26.8 Å². The number of hydrogen-bond acceptors (Lipinski definition) is 3. The van der Waals surface area contributed by atoms with E-state index in [1.807, 2.05) is 24.6 Å². The van der Waals surface area contributed by atoms with Crippen LogP contribution in [0.1, 0.15) is 18.4 Å². The molecule has 0 aliphatic carbocycles. The normalized spacial score (nSPS) is 10.1. The maximum absolute atomic E-state index is 10.9. The van der Waals surface area contributed by atoms with Crippen LogP contribution in [0.25, 0.3) is 0 Å². The fourth-order valence-corrected chi connectivity index (χ4v) is 1.20. The molecule has 0 bridgehead atoms. The number of carbonyl (C=O) groups is 1. The molecule has 0 saturated heterocycles. The Morgan fingerprint density at radius 1 is 1.69 bits per heavy atom. The van der Waals surface area contributed by atoms with Crippen molar-refractivity contribution in [1.29, 1.82) is 0 Å². The van der Waals surface area contributed by atoms with Crippen molar-refractivity contribution in [1.82, 2.24) is 9.55 Å². The molecule has 0 amide bonds. The lowest BCUT2D eigenvalue weighted by molar-refractivity contribution is -0.139. The van der Waals surface area contributed by atoms with Gasteiger partial charge in [0, 0.05) is 12.7 Å². The Morgan fingerprint density at radius 2 is 2.38 bits per heavy atom. The third-order valence-electron chi connectivity index (χ3n) is 1.92. The lowest BCUT2D eigenvalue weighted by atomic mass is 10.3. The van der Waals surface area contributed by atoms with Crippen LogP contribution in [0.4, 0.5) is 0 Å². The first-order chi connectivity index (χ1) is 6.17. The molecule has 0 radical (unpaired) electrons. The second-order valence-corrected chi connectivity index (χ2v) is 2.82. The van der Waals surface area contributed by atoms with Crippen LogP contribution >= 0.6 is 0 Å². The van der Waals surface area contributed by atoms with Crippen LogP contribution in [0.2, 0.25) is 0 Å². The van der Waals surface area contributed by atoms with Gasteiger partial charge in [-0.2, -0.15) is 0 Å². The fraction of sp³-hybridized carbons (Fsp3) is 0.556. The molecule has 4 heteroatoms. The Bertz CT molecular complexity index is 305. The third-order valence-corrected chi connectivity index (χ3v) is 1.92. The standard InChI is InChI=1S/C9H14N2O2/c1-4-11-6-8(10-7(11)2)5-9(12)13-3/h6H,4-5H2,1-3H3. The largest absolute Gasteiger partial charge is 0.469 e. The molecule has 1 heterocycles. The predicted octanol–water partition coefficient (Wildman–Crippen LogP) is 0.927. The van der Waals surface area contributed by atoms with E-state index in [1.54, 1.807) is 0 Å². The molecular formula is C9H14N2O2. The van der Waals surface area contributed by atoms with Gasteiger partial charge in [0.15, 0.2) is 0 Å². The number of carbonyl (C=O) groups excluding carboxylic acids is 1. The first kappa shape index (κ1) is 9.77. The SMILES string of the molecule is CCn1cc(CC(=O)OC)nc1C. The summed E-state index contributed by atoms with van der Waals surface area (Å²) in [6, 6.07) is 0. The molecule has 1 aromatic heterocycles. The van der Waals surface area contributed by atoms with Gasteiger partial charge >= 0.3 is 5.97 Å². The van der Waals surface area contributed by atoms with Crippen molar-refractivity contribution in [3.8, 4) is 0 Å². The highest BCUT2D eigenvalue weighted by Gasteiger charge is 2.07. The zero-order valence-electron chi connectivity index (χ0n) is 8.20. The maximum atomic E-state index is 10.9. The Kier molecular flexibility index (Phi) is 3.06. The number of hydrogen-bond donors (Lipinski definition) is 0. The molecule has 0 atom stereocenters. The monoisotopic (exact) mass is 182 g/mol. The molecule has 0 N–H and O–H groups in total. The number of esters is 1. The third kappa shape index (κ3) is 2.31. The molecule has 0 unspecified atom stereocenters. The lowest BCUT2D eigenvalue weighted by Crippen LogP contribution is -2.04. The van der Waals surface area contributed by atoms with Crippen molar-refractivity contribution in [3.63, 3.8) is 0 Å². The van der Waals surface area contributed by atoms with E-state index < -0.39 is 0 Å². The lowest BCUT2D eigenvalue weighted by Gasteiger charge is -1.95. The smallest absolute Gasteiger partial charge is 0.311 e. The fourth-order valence-electron chi connectivity index (χ4n) is 1.20. The van der Waals surface area contributed by atoms with Crippen molar-refractivity contribution in [2.75, 3.05) is 7.11 Å². The highest BCUT2D eigenvalue weighted by Crippen LogP contribution is 2.03. The molecule has 0 aromatic carbocycles. The van der Waals surface area contributed by atoms with Crippen molar-refractivity contribution < 1.29 is 9.53 Å². The van der Waals surface area contributed by atoms with Gasteiger partial charge < -0.3 is 9.30 Å². The van der Waals surface area contributed by atoms with Crippen LogP contribution in [-0.2, 0) is 22.5 Å². The summed E-state index contributed by atoms with van der Waals surface area (Å²) in [5.74, 6) is 0.683. The summed E-state index contributed by atoms with van der Waals surface area (Å²) in [7, 11) is 1.38. The van der Waals surface area contributed by atoms with Gasteiger partial charge in [0.1, 0.15) is 5.82 Å². The van der Waals surface area contributed by atoms with E-state index in [-0.39, 0.29) is 12.4 Å². The van der Waals surface area contributed by atoms with E-state index in [0.29, 0.717) is 0 Å². The highest BCUT2D eigenvalue weighted by molar-refractivity contribution is 5.71. The Balaban J connectivity index is 2.73. The van der Waals surface area contributed by atoms with E-state index in [2.05, 4.69) is 9.72 Å². The minimum atomic E-state index is -0.249. The second-order valence-electron chi connectivity index (χ2n) is 2.82. The average molecular weight is 182 g/mol. The molecule has 13 heavy (non-hydrogen) atoms. The highest BCUT2D eigenvalue weighted by atomic mass is 16.5. The average Bonchev–Trinajstić information content (AvgIpc) is 2.46. The zero-order chi connectivity index (χ0) is 9.84. The zero-order valence-corrected chi connectivity index (χ0v) is 8.20. The van der Waals surface area contributed by atoms with Crippen LogP contribution in [0, 0.1) is 6.92 Å². The second kappa shape index (κ2) is 4.07. The Labute approximate surface area is 77.5 Å². The Hall–Kier alpha value is -1.32. The van der Waals surface area contributed by atoms with Crippen molar-refractivity contribution in [3.05, 3.63) is 17.7 Å². The quantitative estimate of drug-likeness (QED) is 0.653. The van der Waals surface area contributed by atoms with Crippen LogP contribution in [0.5, 0.6) is 0 Å². The van der Waals surface area contributed by atoms with Crippen LogP contribution in [0.3, 0.4) is 0 Å². The molecule has 1 rings (SSSR count). The van der Waals surface area contributed by atoms with Crippen molar-refractivity contribution >= 4 is 5.97 Å². The number of nitrogens with zero attached hydrogens (tertiary/aromatic N) is 2. The number of aryl methyl sites for hydroxylation is 2. The molecular weight excluding hydrogens is 168 g/mol. The number of aromatic nitrogens is 2. The summed E-state index contributed by atoms with van der Waals surface area (Å²) in [6.45, 7) is 4.83. The first-order valence-electron chi connectivity index (χ1n) is 4.26. The summed E-state index contributed by atoms with van der Waals surface area (Å²) < 4.78 is 6.55. The maximum Gasteiger partial charge on any atom is 0.311 e. The van der Waals surface area contributed by atoms with Gasteiger partial charge in [0.25, 0.3) is 0 Å². The molecule has 0 aliphatic rings. The van der Waals surface area contributed by atoms with E-state index in [4.69, 9.17) is 0 Å². The van der Waals surface area contributed by atoms with Gasteiger partial charge in [-0.1, -0.05) is 0 Å². The number of methoxy groups -OCH3 is 1. The minimum absolute atomic E-state index is 0.249. The summed E-state index contributed by atoms with van der Waals surface area (Å²) in [4.78, 5) is 15.2. The van der Waals surface area contributed by atoms with E-state index >= 15 is 0 Å². The molecule has 72 valence electrons. The molecule has 0 aliphatic heterocycles. The first-order valence-corrected chi connectivity index (χ1v) is 4.26. The molecule has 0 saturated carbocycles. The van der Waals surface area contributed by atoms with Crippen LogP contribution < -0.4 is 0 Å². The summed E-state index contributed by atoms with van der Waals surface area (Å²) in [5, 5.41) is 0. The topological polar surface area (TPSA) is 44.1 Å². The Morgan fingerprint density at radius 3 is 2.85 bits per heavy atom. The summed E-state index contributed by atoms with van der Waals surface area (Å²) in [6.07, 6.45) is 2.14. The van der Waals surface area contributed by atoms with Gasteiger partial charge in [0.05, 0.1) is 19.2 Å². The van der Waals surface area contributed by atoms with E-state index in [9.17, 15) is 4.79 Å². The predicted molar refractivity (Wildman–Crippen MR) is 48.4 cm³/mol. The van der Waals surface area contributed by atoms with E-state index in [0.717, 1.165) is 18.1 Å². The summed E-state index contributed by atoms with van der Waals surface area (Å²) >= 11 is 0.